The van der Waals surface area contributed by atoms with Crippen LogP contribution < -0.4 is 5.73 Å². The third kappa shape index (κ3) is 2.39. The fourth-order valence-corrected chi connectivity index (χ4v) is 1.85. The second-order valence-corrected chi connectivity index (χ2v) is 4.53. The van der Waals surface area contributed by atoms with Crippen LogP contribution in [0.15, 0.2) is 34.8 Å². The highest BCUT2D eigenvalue weighted by Gasteiger charge is 2.04. The van der Waals surface area contributed by atoms with Crippen molar-refractivity contribution in [2.45, 2.75) is 13.3 Å². The molecule has 0 saturated carbocycles. The van der Waals surface area contributed by atoms with Gasteiger partial charge in [0.2, 0.25) is 0 Å². The Morgan fingerprint density at radius 3 is 2.69 bits per heavy atom. The molecule has 0 bridgehead atoms. The van der Waals surface area contributed by atoms with Crippen molar-refractivity contribution >= 4 is 21.7 Å². The minimum atomic E-state index is 0.425. The molecule has 2 N–H and O–H groups in total. The van der Waals surface area contributed by atoms with Gasteiger partial charge in [-0.1, -0.05) is 24.3 Å². The molecule has 0 saturated heterocycles. The molecule has 3 nitrogen and oxygen atoms in total. The van der Waals surface area contributed by atoms with E-state index in [0.717, 1.165) is 16.6 Å². The Morgan fingerprint density at radius 1 is 1.25 bits per heavy atom. The molecule has 0 fully saturated rings. The van der Waals surface area contributed by atoms with Gasteiger partial charge in [0.25, 0.3) is 0 Å². The van der Waals surface area contributed by atoms with E-state index in [1.165, 1.54) is 11.1 Å². The van der Waals surface area contributed by atoms with E-state index in [9.17, 15) is 0 Å². The molecule has 82 valence electrons. The van der Waals surface area contributed by atoms with Crippen molar-refractivity contribution in [3.05, 3.63) is 51.6 Å². The first-order chi connectivity index (χ1) is 7.66. The Kier molecular flexibility index (Phi) is 3.19. The molecule has 0 atom stereocenters. The van der Waals surface area contributed by atoms with E-state index in [-0.39, 0.29) is 0 Å². The molecule has 0 spiro atoms. The minimum absolute atomic E-state index is 0.425. The topological polar surface area (TPSA) is 51.8 Å². The maximum Gasteiger partial charge on any atom is 0.160 e. The van der Waals surface area contributed by atoms with Crippen molar-refractivity contribution in [1.82, 2.24) is 10.2 Å². The summed E-state index contributed by atoms with van der Waals surface area (Å²) in [7, 11) is 0. The number of rotatable bonds is 2. The molecule has 0 radical (unpaired) electrons. The zero-order valence-corrected chi connectivity index (χ0v) is 10.5. The molecule has 0 amide bonds. The molecule has 1 aromatic carbocycles. The van der Waals surface area contributed by atoms with Crippen LogP contribution in [0.2, 0.25) is 0 Å². The van der Waals surface area contributed by atoms with Gasteiger partial charge < -0.3 is 5.73 Å². The molecule has 1 heterocycles. The number of nitrogens with zero attached hydrogens (tertiary/aromatic N) is 2. The summed E-state index contributed by atoms with van der Waals surface area (Å²) in [5.74, 6) is 0.425. The van der Waals surface area contributed by atoms with Crippen molar-refractivity contribution in [2.75, 3.05) is 5.73 Å². The lowest BCUT2D eigenvalue weighted by atomic mass is 10.0. The van der Waals surface area contributed by atoms with Crippen molar-refractivity contribution in [2.24, 2.45) is 0 Å². The highest BCUT2D eigenvalue weighted by atomic mass is 79.9. The summed E-state index contributed by atoms with van der Waals surface area (Å²) in [6.07, 6.45) is 0.776. The fraction of sp³-hybridized carbons (Fsp3) is 0.167. The van der Waals surface area contributed by atoms with Crippen molar-refractivity contribution in [3.8, 4) is 0 Å². The summed E-state index contributed by atoms with van der Waals surface area (Å²) in [6.45, 7) is 2.09. The molecule has 0 unspecified atom stereocenters. The summed E-state index contributed by atoms with van der Waals surface area (Å²) in [6, 6.07) is 10.2. The van der Waals surface area contributed by atoms with Crippen molar-refractivity contribution in [1.29, 1.82) is 0 Å². The lowest BCUT2D eigenvalue weighted by Gasteiger charge is -2.05. The van der Waals surface area contributed by atoms with Crippen LogP contribution in [0.4, 0.5) is 5.82 Å². The van der Waals surface area contributed by atoms with Crippen molar-refractivity contribution < 1.29 is 0 Å². The summed E-state index contributed by atoms with van der Waals surface area (Å²) in [5.41, 5.74) is 9.02. The molecule has 16 heavy (non-hydrogen) atoms. The lowest BCUT2D eigenvalue weighted by molar-refractivity contribution is 0.935. The zero-order valence-electron chi connectivity index (χ0n) is 8.94. The molecule has 4 heteroatoms. The maximum absolute atomic E-state index is 5.59. The van der Waals surface area contributed by atoms with Crippen LogP contribution in [0.25, 0.3) is 0 Å². The van der Waals surface area contributed by atoms with Gasteiger partial charge in [0, 0.05) is 6.42 Å². The zero-order chi connectivity index (χ0) is 11.5. The Bertz CT molecular complexity index is 511. The Hall–Kier alpha value is -1.42. The number of halogens is 1. The summed E-state index contributed by atoms with van der Waals surface area (Å²) in [5, 5.41) is 7.96. The van der Waals surface area contributed by atoms with Crippen LogP contribution in [-0.2, 0) is 6.42 Å². The second-order valence-electron chi connectivity index (χ2n) is 3.67. The summed E-state index contributed by atoms with van der Waals surface area (Å²) >= 11 is 3.35. The molecule has 1 aromatic heterocycles. The maximum atomic E-state index is 5.59. The number of nitrogen functional groups attached to an aromatic ring is 1. The number of hydrogen-bond donors (Lipinski definition) is 1. The standard InChI is InChI=1S/C12H12BrN3/c1-8-4-2-3-5-9(8)6-10-7-11(13)12(14)16-15-10/h2-5,7H,6H2,1H3,(H2,14,16). The normalized spacial score (nSPS) is 10.4. The van der Waals surface area contributed by atoms with E-state index in [1.807, 2.05) is 18.2 Å². The number of aromatic nitrogens is 2. The van der Waals surface area contributed by atoms with Crippen LogP contribution >= 0.6 is 15.9 Å². The number of nitrogens with two attached hydrogens (primary N) is 1. The second kappa shape index (κ2) is 4.61. The summed E-state index contributed by atoms with van der Waals surface area (Å²) < 4.78 is 0.797. The molecule has 0 aliphatic heterocycles. The number of anilines is 1. The molecule has 2 aromatic rings. The molecular formula is C12H12BrN3. The van der Waals surface area contributed by atoms with Gasteiger partial charge in [0.05, 0.1) is 10.2 Å². The van der Waals surface area contributed by atoms with Crippen molar-refractivity contribution in [3.63, 3.8) is 0 Å². The highest BCUT2D eigenvalue weighted by molar-refractivity contribution is 9.10. The van der Waals surface area contributed by atoms with Crippen LogP contribution in [0.1, 0.15) is 16.8 Å². The number of benzene rings is 1. The third-order valence-electron chi connectivity index (χ3n) is 2.46. The highest BCUT2D eigenvalue weighted by Crippen LogP contribution is 2.18. The molecular weight excluding hydrogens is 266 g/mol. The predicted octanol–water partition coefficient (Wildman–Crippen LogP) is 2.72. The molecule has 2 rings (SSSR count). The third-order valence-corrected chi connectivity index (χ3v) is 3.09. The van der Waals surface area contributed by atoms with Crippen LogP contribution in [-0.4, -0.2) is 10.2 Å². The predicted molar refractivity (Wildman–Crippen MR) is 68.1 cm³/mol. The Balaban J connectivity index is 2.28. The van der Waals surface area contributed by atoms with Gasteiger partial charge in [0.15, 0.2) is 5.82 Å². The first-order valence-corrected chi connectivity index (χ1v) is 5.78. The van der Waals surface area contributed by atoms with E-state index < -0.39 is 0 Å². The van der Waals surface area contributed by atoms with E-state index in [0.29, 0.717) is 5.82 Å². The van der Waals surface area contributed by atoms with Crippen LogP contribution in [0.3, 0.4) is 0 Å². The summed E-state index contributed by atoms with van der Waals surface area (Å²) in [4.78, 5) is 0. The van der Waals surface area contributed by atoms with Gasteiger partial charge in [-0.2, -0.15) is 5.10 Å². The monoisotopic (exact) mass is 277 g/mol. The Labute approximate surface area is 103 Å². The van der Waals surface area contributed by atoms with Crippen LogP contribution in [0, 0.1) is 6.92 Å². The quantitative estimate of drug-likeness (QED) is 0.918. The smallest absolute Gasteiger partial charge is 0.160 e. The first kappa shape index (κ1) is 11.1. The van der Waals surface area contributed by atoms with Gasteiger partial charge in [-0.15, -0.1) is 5.10 Å². The number of aryl methyl sites for hydroxylation is 1. The first-order valence-electron chi connectivity index (χ1n) is 4.99. The van der Waals surface area contributed by atoms with Crippen LogP contribution in [0.5, 0.6) is 0 Å². The number of hydrogen-bond acceptors (Lipinski definition) is 3. The lowest BCUT2D eigenvalue weighted by Crippen LogP contribution is -2.00. The largest absolute Gasteiger partial charge is 0.381 e. The van der Waals surface area contributed by atoms with Gasteiger partial charge in [-0.05, 0) is 40.0 Å². The van der Waals surface area contributed by atoms with E-state index in [2.05, 4.69) is 45.2 Å². The SMILES string of the molecule is Cc1ccccc1Cc1cc(Br)c(N)nn1. The molecule has 0 aliphatic carbocycles. The Morgan fingerprint density at radius 2 is 2.00 bits per heavy atom. The average molecular weight is 278 g/mol. The van der Waals surface area contributed by atoms with Gasteiger partial charge in [-0.3, -0.25) is 0 Å². The van der Waals surface area contributed by atoms with E-state index in [4.69, 9.17) is 5.73 Å². The molecule has 0 aliphatic rings. The average Bonchev–Trinajstić information content (AvgIpc) is 2.27. The van der Waals surface area contributed by atoms with E-state index >= 15 is 0 Å². The fourth-order valence-electron chi connectivity index (χ4n) is 1.50. The van der Waals surface area contributed by atoms with E-state index in [1.54, 1.807) is 0 Å². The van der Waals surface area contributed by atoms with Gasteiger partial charge in [-0.25, -0.2) is 0 Å². The van der Waals surface area contributed by atoms with Gasteiger partial charge >= 0.3 is 0 Å². The minimum Gasteiger partial charge on any atom is -0.381 e. The van der Waals surface area contributed by atoms with Gasteiger partial charge in [0.1, 0.15) is 0 Å².